The van der Waals surface area contributed by atoms with Gasteiger partial charge >= 0.3 is 0 Å². The van der Waals surface area contributed by atoms with Crippen LogP contribution >= 0.6 is 0 Å². The third-order valence-corrected chi connectivity index (χ3v) is 3.98. The molecule has 2 unspecified atom stereocenters. The fourth-order valence-corrected chi connectivity index (χ4v) is 2.65. The largest absolute Gasteiger partial charge is 0.390 e. The highest BCUT2D eigenvalue weighted by atomic mass is 16.3. The molecule has 2 atom stereocenters. The molecule has 1 aromatic rings. The van der Waals surface area contributed by atoms with Gasteiger partial charge in [0.25, 0.3) is 0 Å². The highest BCUT2D eigenvalue weighted by Crippen LogP contribution is 2.21. The van der Waals surface area contributed by atoms with Crippen LogP contribution in [0.15, 0.2) is 30.3 Å². The maximum atomic E-state index is 9.58. The van der Waals surface area contributed by atoms with Gasteiger partial charge in [-0.15, -0.1) is 0 Å². The second kappa shape index (κ2) is 7.01. The Bertz CT molecular complexity index is 363. The first-order valence-corrected chi connectivity index (χ1v) is 7.10. The Hall–Kier alpha value is -0.940. The number of β-amino-alcohol motifs (C(OH)–C–C–N with tert-alkyl or cyclic N) is 1. The van der Waals surface area contributed by atoms with E-state index in [4.69, 9.17) is 5.73 Å². The van der Waals surface area contributed by atoms with Gasteiger partial charge in [-0.1, -0.05) is 30.3 Å². The molecule has 0 spiro atoms. The van der Waals surface area contributed by atoms with Crippen molar-refractivity contribution in [3.8, 4) is 0 Å². The van der Waals surface area contributed by atoms with Crippen LogP contribution < -0.4 is 5.73 Å². The summed E-state index contributed by atoms with van der Waals surface area (Å²) in [7, 11) is 0. The predicted octanol–water partition coefficient (Wildman–Crippen LogP) is 0.685. The zero-order valence-electron chi connectivity index (χ0n) is 11.7. The van der Waals surface area contributed by atoms with Crippen molar-refractivity contribution in [2.45, 2.75) is 19.1 Å². The zero-order valence-corrected chi connectivity index (χ0v) is 11.7. The van der Waals surface area contributed by atoms with Crippen molar-refractivity contribution in [2.75, 3.05) is 39.3 Å². The van der Waals surface area contributed by atoms with Crippen molar-refractivity contribution < 1.29 is 5.11 Å². The average molecular weight is 263 g/mol. The summed E-state index contributed by atoms with van der Waals surface area (Å²) in [5.74, 6) is 0. The molecule has 0 saturated carbocycles. The lowest BCUT2D eigenvalue weighted by atomic mass is 10.1. The number of nitrogens with zero attached hydrogens (tertiary/aromatic N) is 2. The number of hydrogen-bond donors (Lipinski definition) is 2. The topological polar surface area (TPSA) is 52.7 Å². The summed E-state index contributed by atoms with van der Waals surface area (Å²) in [5.41, 5.74) is 6.83. The third-order valence-electron chi connectivity index (χ3n) is 3.98. The first-order valence-electron chi connectivity index (χ1n) is 7.10. The molecule has 0 aromatic heterocycles. The maximum Gasteiger partial charge on any atom is 0.0789 e. The van der Waals surface area contributed by atoms with Crippen LogP contribution in [0.3, 0.4) is 0 Å². The fraction of sp³-hybridized carbons (Fsp3) is 0.600. The molecule has 1 aliphatic rings. The molecule has 0 amide bonds. The lowest BCUT2D eigenvalue weighted by Gasteiger charge is -2.38. The molecule has 0 aliphatic carbocycles. The first kappa shape index (κ1) is 14.5. The first-order chi connectivity index (χ1) is 9.20. The molecule has 4 heteroatoms. The number of nitrogens with two attached hydrogens (primary N) is 1. The second-order valence-electron chi connectivity index (χ2n) is 5.31. The van der Waals surface area contributed by atoms with Crippen molar-refractivity contribution in [1.29, 1.82) is 0 Å². The van der Waals surface area contributed by atoms with E-state index in [0.717, 1.165) is 26.2 Å². The Morgan fingerprint density at radius 1 is 1.16 bits per heavy atom. The Labute approximate surface area is 115 Å². The normalized spacial score (nSPS) is 21.2. The quantitative estimate of drug-likeness (QED) is 0.820. The summed E-state index contributed by atoms with van der Waals surface area (Å²) in [5, 5.41) is 9.58. The van der Waals surface area contributed by atoms with Gasteiger partial charge in [0, 0.05) is 45.3 Å². The lowest BCUT2D eigenvalue weighted by molar-refractivity contribution is 0.0622. The summed E-state index contributed by atoms with van der Waals surface area (Å²) < 4.78 is 0. The molecular formula is C15H25N3O. The van der Waals surface area contributed by atoms with Crippen LogP contribution in [-0.4, -0.2) is 60.3 Å². The van der Waals surface area contributed by atoms with Crippen LogP contribution in [0.25, 0.3) is 0 Å². The Balaban J connectivity index is 1.83. The molecule has 1 aromatic carbocycles. The van der Waals surface area contributed by atoms with Gasteiger partial charge < -0.3 is 10.8 Å². The van der Waals surface area contributed by atoms with Crippen molar-refractivity contribution >= 4 is 0 Å². The molecule has 19 heavy (non-hydrogen) atoms. The molecule has 1 heterocycles. The summed E-state index contributed by atoms with van der Waals surface area (Å²) in [6.07, 6.45) is -0.391. The van der Waals surface area contributed by atoms with E-state index >= 15 is 0 Å². The number of rotatable bonds is 5. The molecule has 3 N–H and O–H groups in total. The van der Waals surface area contributed by atoms with E-state index in [9.17, 15) is 5.11 Å². The van der Waals surface area contributed by atoms with Crippen molar-refractivity contribution in [2.24, 2.45) is 5.73 Å². The van der Waals surface area contributed by atoms with E-state index in [1.807, 2.05) is 0 Å². The van der Waals surface area contributed by atoms with E-state index in [2.05, 4.69) is 47.1 Å². The van der Waals surface area contributed by atoms with Crippen LogP contribution in [-0.2, 0) is 0 Å². The molecular weight excluding hydrogens is 238 g/mol. The van der Waals surface area contributed by atoms with E-state index in [0.29, 0.717) is 19.1 Å². The van der Waals surface area contributed by atoms with Gasteiger partial charge in [-0.3, -0.25) is 9.80 Å². The number of hydrogen-bond acceptors (Lipinski definition) is 4. The summed E-state index contributed by atoms with van der Waals surface area (Å²) in [4.78, 5) is 4.80. The monoisotopic (exact) mass is 263 g/mol. The minimum Gasteiger partial charge on any atom is -0.390 e. The molecule has 1 fully saturated rings. The molecule has 106 valence electrons. The Kier molecular flexibility index (Phi) is 5.34. The van der Waals surface area contributed by atoms with E-state index in [1.165, 1.54) is 5.56 Å². The van der Waals surface area contributed by atoms with Gasteiger partial charge in [-0.05, 0) is 12.5 Å². The highest BCUT2D eigenvalue weighted by molar-refractivity contribution is 5.18. The number of benzene rings is 1. The molecule has 4 nitrogen and oxygen atoms in total. The Morgan fingerprint density at radius 2 is 1.79 bits per heavy atom. The van der Waals surface area contributed by atoms with Crippen LogP contribution in [0.2, 0.25) is 0 Å². The van der Waals surface area contributed by atoms with E-state index in [1.54, 1.807) is 0 Å². The molecule has 1 saturated heterocycles. The van der Waals surface area contributed by atoms with Gasteiger partial charge in [0.15, 0.2) is 0 Å². The van der Waals surface area contributed by atoms with Crippen LogP contribution in [0.1, 0.15) is 18.5 Å². The average Bonchev–Trinajstić information content (AvgIpc) is 2.48. The smallest absolute Gasteiger partial charge is 0.0789 e. The van der Waals surface area contributed by atoms with E-state index in [-0.39, 0.29) is 0 Å². The van der Waals surface area contributed by atoms with Crippen molar-refractivity contribution in [3.63, 3.8) is 0 Å². The van der Waals surface area contributed by atoms with Crippen LogP contribution in [0, 0.1) is 0 Å². The molecule has 2 rings (SSSR count). The van der Waals surface area contributed by atoms with Gasteiger partial charge in [0.2, 0.25) is 0 Å². The minimum atomic E-state index is -0.391. The van der Waals surface area contributed by atoms with Crippen molar-refractivity contribution in [1.82, 2.24) is 9.80 Å². The lowest BCUT2D eigenvalue weighted by Crippen LogP contribution is -2.49. The van der Waals surface area contributed by atoms with Crippen molar-refractivity contribution in [3.05, 3.63) is 35.9 Å². The predicted molar refractivity (Wildman–Crippen MR) is 77.9 cm³/mol. The Morgan fingerprint density at radius 3 is 2.37 bits per heavy atom. The minimum absolute atomic E-state index is 0.348. The summed E-state index contributed by atoms with van der Waals surface area (Å²) in [6.45, 7) is 7.42. The number of aliphatic hydroxyl groups excluding tert-OH is 1. The standard InChI is InChI=1S/C15H25N3O/c1-13(14-5-3-2-4-6-14)18-9-7-17(8-10-18)12-15(19)11-16/h2-6,13,15,19H,7-12,16H2,1H3. The van der Waals surface area contributed by atoms with Gasteiger partial charge in [-0.25, -0.2) is 0 Å². The molecule has 0 radical (unpaired) electrons. The SMILES string of the molecule is CC(c1ccccc1)N1CCN(CC(O)CN)CC1. The summed E-state index contributed by atoms with van der Waals surface area (Å²) in [6, 6.07) is 11.1. The van der Waals surface area contributed by atoms with E-state index < -0.39 is 6.10 Å². The number of aliphatic hydroxyl groups is 1. The van der Waals surface area contributed by atoms with Gasteiger partial charge in [0.05, 0.1) is 6.10 Å². The molecule has 0 bridgehead atoms. The molecule has 1 aliphatic heterocycles. The number of piperazine rings is 1. The maximum absolute atomic E-state index is 9.58. The third kappa shape index (κ3) is 4.01. The van der Waals surface area contributed by atoms with Gasteiger partial charge in [0.1, 0.15) is 0 Å². The highest BCUT2D eigenvalue weighted by Gasteiger charge is 2.22. The zero-order chi connectivity index (χ0) is 13.7. The fourth-order valence-electron chi connectivity index (χ4n) is 2.65. The van der Waals surface area contributed by atoms with Gasteiger partial charge in [-0.2, -0.15) is 0 Å². The van der Waals surface area contributed by atoms with Crippen LogP contribution in [0.5, 0.6) is 0 Å². The van der Waals surface area contributed by atoms with Crippen LogP contribution in [0.4, 0.5) is 0 Å². The second-order valence-corrected chi connectivity index (χ2v) is 5.31. The summed E-state index contributed by atoms with van der Waals surface area (Å²) >= 11 is 0.